The van der Waals surface area contributed by atoms with Crippen molar-refractivity contribution in [2.24, 2.45) is 5.10 Å². The predicted octanol–water partition coefficient (Wildman–Crippen LogP) is 8.02. The highest BCUT2D eigenvalue weighted by atomic mass is 35.5. The smallest absolute Gasteiger partial charge is 0.223 e. The quantitative estimate of drug-likeness (QED) is 0.250. The van der Waals surface area contributed by atoms with E-state index in [1.165, 1.54) is 4.88 Å². The van der Waals surface area contributed by atoms with Crippen LogP contribution in [0.15, 0.2) is 95.4 Å². The Hall–Kier alpha value is -3.25. The first-order valence-corrected chi connectivity index (χ1v) is 12.5. The Labute approximate surface area is 211 Å². The Morgan fingerprint density at radius 2 is 1.62 bits per heavy atom. The largest absolute Gasteiger partial charge is 0.247 e. The summed E-state index contributed by atoms with van der Waals surface area (Å²) in [5.41, 5.74) is 4.63. The van der Waals surface area contributed by atoms with Gasteiger partial charge in [-0.15, -0.1) is 11.3 Å². The van der Waals surface area contributed by atoms with Gasteiger partial charge in [0.15, 0.2) is 0 Å². The Bertz CT molecular complexity index is 1520. The molecule has 6 rings (SSSR count). The number of hydrogen-bond acceptors (Lipinski definition) is 5. The van der Waals surface area contributed by atoms with Crippen LogP contribution in [0.5, 0.6) is 0 Å². The van der Waals surface area contributed by atoms with Crippen molar-refractivity contribution in [2.45, 2.75) is 12.5 Å². The molecule has 34 heavy (non-hydrogen) atoms. The molecule has 0 N–H and O–H groups in total. The normalized spacial score (nSPS) is 15.6. The lowest BCUT2D eigenvalue weighted by molar-refractivity contribution is 0.700. The molecule has 2 aromatic heterocycles. The summed E-state index contributed by atoms with van der Waals surface area (Å²) in [6.07, 6.45) is 0.740. The maximum Gasteiger partial charge on any atom is 0.247 e. The number of halogens is 2. The molecular weight excluding hydrogens is 483 g/mol. The van der Waals surface area contributed by atoms with Gasteiger partial charge < -0.3 is 0 Å². The van der Waals surface area contributed by atoms with Crippen LogP contribution in [0, 0.1) is 0 Å². The number of rotatable bonds is 4. The van der Waals surface area contributed by atoms with Gasteiger partial charge in [0.05, 0.1) is 23.0 Å². The molecule has 0 fully saturated rings. The second-order valence-corrected chi connectivity index (χ2v) is 9.89. The van der Waals surface area contributed by atoms with Crippen LogP contribution < -0.4 is 5.01 Å². The highest BCUT2D eigenvalue weighted by Gasteiger charge is 2.33. The first-order chi connectivity index (χ1) is 16.7. The van der Waals surface area contributed by atoms with Crippen LogP contribution in [0.1, 0.15) is 22.9 Å². The van der Waals surface area contributed by atoms with Gasteiger partial charge >= 0.3 is 0 Å². The zero-order valence-electron chi connectivity index (χ0n) is 17.9. The Morgan fingerprint density at radius 3 is 2.41 bits per heavy atom. The number of aromatic nitrogens is 2. The van der Waals surface area contributed by atoms with Gasteiger partial charge in [-0.05, 0) is 47.3 Å². The van der Waals surface area contributed by atoms with Gasteiger partial charge in [0, 0.05) is 32.3 Å². The van der Waals surface area contributed by atoms with E-state index in [2.05, 4.69) is 17.5 Å². The maximum absolute atomic E-state index is 6.34. The molecule has 3 heterocycles. The van der Waals surface area contributed by atoms with Gasteiger partial charge in [0.1, 0.15) is 0 Å². The lowest BCUT2D eigenvalue weighted by atomic mass is 10.0. The molecule has 1 atom stereocenters. The summed E-state index contributed by atoms with van der Waals surface area (Å²) in [5.74, 6) is 0.559. The van der Waals surface area contributed by atoms with Crippen molar-refractivity contribution in [1.29, 1.82) is 0 Å². The summed E-state index contributed by atoms with van der Waals surface area (Å²) in [5, 5.41) is 11.3. The Morgan fingerprint density at radius 1 is 0.794 bits per heavy atom. The fourth-order valence-electron chi connectivity index (χ4n) is 4.25. The SMILES string of the molecule is Clc1cccc(C2=NN(c3nc(-c4ccccc4)c4cc(Cl)ccc4n3)[C@H](c3cccs3)C2)c1. The minimum Gasteiger partial charge on any atom is -0.223 e. The minimum absolute atomic E-state index is 0.00218. The third-order valence-electron chi connectivity index (χ3n) is 5.84. The maximum atomic E-state index is 6.34. The van der Waals surface area contributed by atoms with Gasteiger partial charge in [-0.1, -0.05) is 71.7 Å². The van der Waals surface area contributed by atoms with Crippen LogP contribution in [-0.2, 0) is 0 Å². The zero-order chi connectivity index (χ0) is 23.1. The number of benzene rings is 3. The molecule has 4 nitrogen and oxygen atoms in total. The molecular formula is C27H18Cl2N4S. The lowest BCUT2D eigenvalue weighted by Gasteiger charge is -2.21. The summed E-state index contributed by atoms with van der Waals surface area (Å²) in [6, 6.07) is 27.8. The van der Waals surface area contributed by atoms with Gasteiger partial charge in [-0.2, -0.15) is 5.10 Å². The first kappa shape index (κ1) is 21.3. The average Bonchev–Trinajstić information content (AvgIpc) is 3.54. The predicted molar refractivity (Wildman–Crippen MR) is 142 cm³/mol. The number of fused-ring (bicyclic) bond motifs is 1. The van der Waals surface area contributed by atoms with Crippen molar-refractivity contribution in [3.05, 3.63) is 111 Å². The lowest BCUT2D eigenvalue weighted by Crippen LogP contribution is -2.20. The van der Waals surface area contributed by atoms with Crippen LogP contribution >= 0.6 is 34.5 Å². The summed E-state index contributed by atoms with van der Waals surface area (Å²) in [7, 11) is 0. The van der Waals surface area contributed by atoms with Gasteiger partial charge in [0.25, 0.3) is 0 Å². The van der Waals surface area contributed by atoms with Crippen LogP contribution in [0.3, 0.4) is 0 Å². The van der Waals surface area contributed by atoms with Crippen LogP contribution in [0.4, 0.5) is 5.95 Å². The molecule has 0 unspecified atom stereocenters. The van der Waals surface area contributed by atoms with E-state index in [-0.39, 0.29) is 6.04 Å². The van der Waals surface area contributed by atoms with Crippen molar-refractivity contribution in [2.75, 3.05) is 5.01 Å². The molecule has 0 aliphatic carbocycles. The molecule has 0 saturated heterocycles. The van der Waals surface area contributed by atoms with Gasteiger partial charge in [-0.3, -0.25) is 0 Å². The molecule has 5 aromatic rings. The number of nitrogens with zero attached hydrogens (tertiary/aromatic N) is 4. The van der Waals surface area contributed by atoms with E-state index in [1.54, 1.807) is 11.3 Å². The average molecular weight is 501 g/mol. The number of hydrogen-bond donors (Lipinski definition) is 0. The van der Waals surface area contributed by atoms with Crippen molar-refractivity contribution < 1.29 is 0 Å². The van der Waals surface area contributed by atoms with E-state index in [0.29, 0.717) is 16.0 Å². The van der Waals surface area contributed by atoms with Gasteiger partial charge in [-0.25, -0.2) is 15.0 Å². The molecule has 0 spiro atoms. The Kier molecular flexibility index (Phi) is 5.53. The monoisotopic (exact) mass is 500 g/mol. The molecule has 1 aliphatic heterocycles. The summed E-state index contributed by atoms with van der Waals surface area (Å²) in [6.45, 7) is 0. The minimum atomic E-state index is 0.00218. The highest BCUT2D eigenvalue weighted by molar-refractivity contribution is 7.10. The molecule has 166 valence electrons. The molecule has 0 amide bonds. The molecule has 1 aliphatic rings. The molecule has 7 heteroatoms. The fraction of sp³-hybridized carbons (Fsp3) is 0.0741. The van der Waals surface area contributed by atoms with E-state index in [0.717, 1.165) is 39.9 Å². The number of anilines is 1. The van der Waals surface area contributed by atoms with E-state index < -0.39 is 0 Å². The third kappa shape index (κ3) is 3.96. The van der Waals surface area contributed by atoms with Crippen molar-refractivity contribution in [3.63, 3.8) is 0 Å². The van der Waals surface area contributed by atoms with Crippen LogP contribution in [0.2, 0.25) is 10.0 Å². The second kappa shape index (κ2) is 8.84. The van der Waals surface area contributed by atoms with Gasteiger partial charge in [0.2, 0.25) is 5.95 Å². The van der Waals surface area contributed by atoms with Crippen molar-refractivity contribution in [3.8, 4) is 11.3 Å². The van der Waals surface area contributed by atoms with Crippen molar-refractivity contribution >= 4 is 57.1 Å². The molecule has 0 bridgehead atoms. The number of hydrazone groups is 1. The van der Waals surface area contributed by atoms with E-state index in [9.17, 15) is 0 Å². The summed E-state index contributed by atoms with van der Waals surface area (Å²) >= 11 is 14.3. The second-order valence-electron chi connectivity index (χ2n) is 8.04. The topological polar surface area (TPSA) is 41.4 Å². The standard InChI is InChI=1S/C27H18Cl2N4S/c28-19-9-4-8-18(14-19)23-16-24(25-10-5-13-34-25)33(32-23)27-30-22-12-11-20(29)15-21(22)26(31-27)17-6-2-1-3-7-17/h1-15,24H,16H2/t24-/m0/s1. The zero-order valence-corrected chi connectivity index (χ0v) is 20.2. The fourth-order valence-corrected chi connectivity index (χ4v) is 5.42. The van der Waals surface area contributed by atoms with Crippen LogP contribution in [0.25, 0.3) is 22.2 Å². The molecule has 0 radical (unpaired) electrons. The summed E-state index contributed by atoms with van der Waals surface area (Å²) < 4.78 is 0. The first-order valence-electron chi connectivity index (χ1n) is 10.8. The van der Waals surface area contributed by atoms with E-state index in [4.69, 9.17) is 38.3 Å². The molecule has 3 aromatic carbocycles. The van der Waals surface area contributed by atoms with Crippen LogP contribution in [-0.4, -0.2) is 15.7 Å². The Balaban J connectivity index is 1.54. The highest BCUT2D eigenvalue weighted by Crippen LogP contribution is 2.39. The van der Waals surface area contributed by atoms with E-state index in [1.807, 2.05) is 77.8 Å². The summed E-state index contributed by atoms with van der Waals surface area (Å²) in [4.78, 5) is 11.2. The third-order valence-corrected chi connectivity index (χ3v) is 7.28. The number of thiophene rings is 1. The molecule has 0 saturated carbocycles. The van der Waals surface area contributed by atoms with Crippen molar-refractivity contribution in [1.82, 2.24) is 9.97 Å². The van der Waals surface area contributed by atoms with E-state index >= 15 is 0 Å².